The van der Waals surface area contributed by atoms with Gasteiger partial charge in [0.1, 0.15) is 0 Å². The summed E-state index contributed by atoms with van der Waals surface area (Å²) in [4.78, 5) is 0. The molecule has 0 saturated heterocycles. The highest BCUT2D eigenvalue weighted by molar-refractivity contribution is 7.68. The third-order valence-electron chi connectivity index (χ3n) is 1.38. The van der Waals surface area contributed by atoms with Gasteiger partial charge in [-0.2, -0.15) is 0 Å². The van der Waals surface area contributed by atoms with Crippen molar-refractivity contribution in [3.63, 3.8) is 0 Å². The van der Waals surface area contributed by atoms with E-state index in [4.69, 9.17) is 0 Å². The molecule has 0 spiro atoms. The first kappa shape index (κ1) is 9.76. The van der Waals surface area contributed by atoms with Gasteiger partial charge in [-0.1, -0.05) is 26.2 Å². The van der Waals surface area contributed by atoms with Crippen LogP contribution in [0.25, 0.3) is 0 Å². The molecular weight excluding hydrogens is 144 g/mol. The van der Waals surface area contributed by atoms with E-state index in [1.54, 1.807) is 5.41 Å². The average molecular weight is 159 g/mol. The molecule has 0 bridgehead atoms. The molecule has 0 saturated carbocycles. The SMILES string of the molecule is CCCCCCC=C[S+]=O. The summed E-state index contributed by atoms with van der Waals surface area (Å²) < 4.78 is 9.85. The van der Waals surface area contributed by atoms with E-state index in [0.717, 1.165) is 6.42 Å². The molecule has 0 aromatic heterocycles. The van der Waals surface area contributed by atoms with Crippen molar-refractivity contribution in [3.05, 3.63) is 11.5 Å². The smallest absolute Gasteiger partial charge is 0.0654 e. The van der Waals surface area contributed by atoms with Gasteiger partial charge in [-0.05, 0) is 18.9 Å². The van der Waals surface area contributed by atoms with E-state index in [2.05, 4.69) is 6.92 Å². The fourth-order valence-electron chi connectivity index (χ4n) is 0.796. The molecule has 0 aliphatic heterocycles. The summed E-state index contributed by atoms with van der Waals surface area (Å²) in [7, 11) is 0. The Hall–Kier alpha value is -0.240. The van der Waals surface area contributed by atoms with Crippen molar-refractivity contribution in [3.8, 4) is 0 Å². The van der Waals surface area contributed by atoms with E-state index >= 15 is 0 Å². The van der Waals surface area contributed by atoms with Crippen LogP contribution in [-0.2, 0) is 15.9 Å². The van der Waals surface area contributed by atoms with Crippen LogP contribution < -0.4 is 0 Å². The van der Waals surface area contributed by atoms with E-state index in [1.165, 1.54) is 25.7 Å². The molecule has 10 heavy (non-hydrogen) atoms. The zero-order valence-electron chi connectivity index (χ0n) is 6.51. The lowest BCUT2D eigenvalue weighted by Crippen LogP contribution is -1.72. The van der Waals surface area contributed by atoms with Crippen molar-refractivity contribution in [2.45, 2.75) is 39.0 Å². The molecule has 0 aromatic rings. The minimum Gasteiger partial charge on any atom is -0.0654 e. The Bertz CT molecular complexity index is 99.4. The topological polar surface area (TPSA) is 17.1 Å². The van der Waals surface area contributed by atoms with Crippen LogP contribution in [0.5, 0.6) is 0 Å². The van der Waals surface area contributed by atoms with E-state index in [0.29, 0.717) is 11.7 Å². The van der Waals surface area contributed by atoms with Crippen molar-refractivity contribution in [2.75, 3.05) is 0 Å². The summed E-state index contributed by atoms with van der Waals surface area (Å²) >= 11 is 0.535. The lowest BCUT2D eigenvalue weighted by atomic mass is 10.2. The molecule has 0 aliphatic carbocycles. The lowest BCUT2D eigenvalue weighted by Gasteiger charge is -1.91. The summed E-state index contributed by atoms with van der Waals surface area (Å²) in [5.74, 6) is 0. The Morgan fingerprint density at radius 1 is 1.30 bits per heavy atom. The van der Waals surface area contributed by atoms with E-state index in [1.807, 2.05) is 6.08 Å². The first-order chi connectivity index (χ1) is 4.91. The Labute approximate surface area is 67.0 Å². The second-order valence-corrected chi connectivity index (χ2v) is 2.78. The normalized spacial score (nSPS) is 10.5. The van der Waals surface area contributed by atoms with Crippen LogP contribution in [0.3, 0.4) is 0 Å². The average Bonchev–Trinajstić information content (AvgIpc) is 1.97. The Morgan fingerprint density at radius 3 is 2.70 bits per heavy atom. The van der Waals surface area contributed by atoms with Gasteiger partial charge in [-0.3, -0.25) is 0 Å². The molecule has 2 heteroatoms. The fraction of sp³-hybridized carbons (Fsp3) is 0.750. The minimum absolute atomic E-state index is 0.535. The second-order valence-electron chi connectivity index (χ2n) is 2.32. The molecule has 0 unspecified atom stereocenters. The molecule has 58 valence electrons. The first-order valence-electron chi connectivity index (χ1n) is 3.85. The summed E-state index contributed by atoms with van der Waals surface area (Å²) in [5, 5.41) is 1.62. The maximum atomic E-state index is 9.85. The van der Waals surface area contributed by atoms with Crippen molar-refractivity contribution < 1.29 is 4.21 Å². The molecule has 0 heterocycles. The van der Waals surface area contributed by atoms with Crippen molar-refractivity contribution in [2.24, 2.45) is 0 Å². The number of hydrogen-bond acceptors (Lipinski definition) is 1. The second kappa shape index (κ2) is 8.76. The highest BCUT2D eigenvalue weighted by atomic mass is 32.1. The maximum Gasteiger partial charge on any atom is 0.496 e. The Kier molecular flexibility index (Phi) is 8.55. The molecule has 0 radical (unpaired) electrons. The highest BCUT2D eigenvalue weighted by Crippen LogP contribution is 2.02. The standard InChI is InChI=1S/C8H15OS/c1-2-3-4-5-6-7-8-10-9/h7-8H,2-6H2,1H3/q+1. The van der Waals surface area contributed by atoms with Gasteiger partial charge in [-0.25, -0.2) is 0 Å². The number of allylic oxidation sites excluding steroid dienone is 1. The zero-order valence-corrected chi connectivity index (χ0v) is 7.32. The van der Waals surface area contributed by atoms with Gasteiger partial charge in [0.25, 0.3) is 0 Å². The van der Waals surface area contributed by atoms with Crippen LogP contribution in [0.4, 0.5) is 0 Å². The predicted octanol–water partition coefficient (Wildman–Crippen LogP) is 2.90. The van der Waals surface area contributed by atoms with Gasteiger partial charge in [0, 0.05) is 4.21 Å². The maximum absolute atomic E-state index is 9.85. The summed E-state index contributed by atoms with van der Waals surface area (Å²) in [6.07, 6.45) is 8.14. The van der Waals surface area contributed by atoms with Gasteiger partial charge >= 0.3 is 11.7 Å². The van der Waals surface area contributed by atoms with Crippen molar-refractivity contribution in [1.82, 2.24) is 0 Å². The number of unbranched alkanes of at least 4 members (excludes halogenated alkanes) is 4. The predicted molar refractivity (Wildman–Crippen MR) is 46.0 cm³/mol. The molecule has 1 nitrogen and oxygen atoms in total. The fourth-order valence-corrected chi connectivity index (χ4v) is 1.01. The molecule has 0 amide bonds. The zero-order chi connectivity index (χ0) is 7.66. The third kappa shape index (κ3) is 7.76. The molecule has 0 aromatic carbocycles. The van der Waals surface area contributed by atoms with Crippen LogP contribution in [0, 0.1) is 0 Å². The largest absolute Gasteiger partial charge is 0.496 e. The van der Waals surface area contributed by atoms with Crippen molar-refractivity contribution in [1.29, 1.82) is 0 Å². The van der Waals surface area contributed by atoms with E-state index < -0.39 is 0 Å². The first-order valence-corrected chi connectivity index (χ1v) is 4.66. The van der Waals surface area contributed by atoms with Gasteiger partial charge in [0.15, 0.2) is 0 Å². The lowest BCUT2D eigenvalue weighted by molar-refractivity contribution is 0.608. The monoisotopic (exact) mass is 159 g/mol. The minimum atomic E-state index is 0.535. The van der Waals surface area contributed by atoms with Crippen LogP contribution in [0.1, 0.15) is 39.0 Å². The quantitative estimate of drug-likeness (QED) is 0.430. The van der Waals surface area contributed by atoms with Gasteiger partial charge in [-0.15, -0.1) is 0 Å². The molecular formula is C8H15OS+. The summed E-state index contributed by atoms with van der Waals surface area (Å²) in [5.41, 5.74) is 0. The Balaban J connectivity index is 2.90. The van der Waals surface area contributed by atoms with Crippen LogP contribution in [-0.4, -0.2) is 0 Å². The summed E-state index contributed by atoms with van der Waals surface area (Å²) in [6, 6.07) is 0. The van der Waals surface area contributed by atoms with Crippen molar-refractivity contribution >= 4 is 11.7 Å². The molecule has 0 aliphatic rings. The molecule has 0 rings (SSSR count). The van der Waals surface area contributed by atoms with Crippen LogP contribution in [0.15, 0.2) is 11.5 Å². The number of hydrogen-bond donors (Lipinski definition) is 0. The Morgan fingerprint density at radius 2 is 2.10 bits per heavy atom. The van der Waals surface area contributed by atoms with E-state index in [9.17, 15) is 4.21 Å². The number of rotatable bonds is 6. The summed E-state index contributed by atoms with van der Waals surface area (Å²) in [6.45, 7) is 2.20. The molecule has 0 atom stereocenters. The van der Waals surface area contributed by atoms with Crippen LogP contribution in [0.2, 0.25) is 0 Å². The van der Waals surface area contributed by atoms with Gasteiger partial charge in [0.2, 0.25) is 5.41 Å². The third-order valence-corrected chi connectivity index (χ3v) is 1.68. The van der Waals surface area contributed by atoms with Gasteiger partial charge < -0.3 is 0 Å². The molecule has 0 N–H and O–H groups in total. The van der Waals surface area contributed by atoms with Gasteiger partial charge in [0.05, 0.1) is 0 Å². The van der Waals surface area contributed by atoms with Crippen LogP contribution >= 0.6 is 0 Å². The highest BCUT2D eigenvalue weighted by Gasteiger charge is 1.86. The van der Waals surface area contributed by atoms with E-state index in [-0.39, 0.29) is 0 Å². The molecule has 0 fully saturated rings.